The lowest BCUT2D eigenvalue weighted by Gasteiger charge is -2.18. The number of hydrogen-bond donors (Lipinski definition) is 2. The van der Waals surface area contributed by atoms with Crippen molar-refractivity contribution in [1.29, 1.82) is 5.26 Å². The lowest BCUT2D eigenvalue weighted by molar-refractivity contribution is 0.207. The highest BCUT2D eigenvalue weighted by Crippen LogP contribution is 2.41. The molecule has 0 unspecified atom stereocenters. The number of hydrogen-bond acceptors (Lipinski definition) is 6. The van der Waals surface area contributed by atoms with Gasteiger partial charge in [0.1, 0.15) is 23.4 Å². The lowest BCUT2D eigenvalue weighted by Crippen LogP contribution is -2.29. The summed E-state index contributed by atoms with van der Waals surface area (Å²) in [5, 5.41) is 18.4. The van der Waals surface area contributed by atoms with Crippen LogP contribution in [-0.2, 0) is 16.6 Å². The molecule has 0 saturated heterocycles. The Kier molecular flexibility index (Phi) is 5.07. The highest BCUT2D eigenvalue weighted by Gasteiger charge is 2.29. The number of aliphatic hydroxyl groups excluding tert-OH is 1. The van der Waals surface area contributed by atoms with Gasteiger partial charge in [-0.2, -0.15) is 13.7 Å². The van der Waals surface area contributed by atoms with Gasteiger partial charge < -0.3 is 14.6 Å². The molecule has 8 nitrogen and oxygen atoms in total. The molecule has 1 aliphatic heterocycles. The minimum atomic E-state index is -3.83. The van der Waals surface area contributed by atoms with E-state index in [1.54, 1.807) is 48.5 Å². The van der Waals surface area contributed by atoms with Gasteiger partial charge in [-0.15, -0.1) is 0 Å². The molecular formula is C24H19N3O5S. The highest BCUT2D eigenvalue weighted by atomic mass is 32.2. The Bertz CT molecular complexity index is 1380. The second-order valence-corrected chi connectivity index (χ2v) is 9.17. The largest absolute Gasteiger partial charge is 0.493 e. The van der Waals surface area contributed by atoms with Crippen LogP contribution in [0.5, 0.6) is 17.2 Å². The monoisotopic (exact) mass is 461 g/mol. The minimum absolute atomic E-state index is 0.156. The second kappa shape index (κ2) is 8.07. The molecule has 5 rings (SSSR count). The molecule has 0 bridgehead atoms. The van der Waals surface area contributed by atoms with Crippen molar-refractivity contribution in [3.05, 3.63) is 95.5 Å². The van der Waals surface area contributed by atoms with Crippen LogP contribution in [0.15, 0.2) is 78.8 Å². The summed E-state index contributed by atoms with van der Waals surface area (Å²) in [6.07, 6.45) is 2.53. The average molecular weight is 461 g/mol. The van der Waals surface area contributed by atoms with Gasteiger partial charge in [-0.25, -0.2) is 9.03 Å². The number of nitrogens with zero attached hydrogens (tertiary/aromatic N) is 2. The Morgan fingerprint density at radius 2 is 1.76 bits per heavy atom. The quantitative estimate of drug-likeness (QED) is 0.581. The molecule has 33 heavy (non-hydrogen) atoms. The van der Waals surface area contributed by atoms with E-state index in [0.717, 1.165) is 40.2 Å². The molecule has 0 saturated carbocycles. The van der Waals surface area contributed by atoms with Gasteiger partial charge in [0.25, 0.3) is 0 Å². The second-order valence-electron chi connectivity index (χ2n) is 7.62. The third kappa shape index (κ3) is 4.04. The van der Waals surface area contributed by atoms with Crippen LogP contribution in [0.1, 0.15) is 29.2 Å². The Morgan fingerprint density at radius 1 is 1.03 bits per heavy atom. The zero-order valence-corrected chi connectivity index (χ0v) is 18.1. The van der Waals surface area contributed by atoms with Crippen LogP contribution in [0.2, 0.25) is 0 Å². The van der Waals surface area contributed by atoms with Gasteiger partial charge in [-0.1, -0.05) is 12.1 Å². The van der Waals surface area contributed by atoms with Crippen molar-refractivity contribution in [3.63, 3.8) is 0 Å². The van der Waals surface area contributed by atoms with Crippen molar-refractivity contribution in [2.75, 3.05) is 4.31 Å². The van der Waals surface area contributed by atoms with Crippen molar-refractivity contribution >= 4 is 15.9 Å². The van der Waals surface area contributed by atoms with Gasteiger partial charge in [0.05, 0.1) is 23.5 Å². The maximum absolute atomic E-state index is 12.0. The van der Waals surface area contributed by atoms with Crippen LogP contribution in [-0.4, -0.2) is 13.5 Å². The van der Waals surface area contributed by atoms with Crippen LogP contribution in [0, 0.1) is 11.3 Å². The van der Waals surface area contributed by atoms with Gasteiger partial charge in [-0.3, -0.25) is 0 Å². The lowest BCUT2D eigenvalue weighted by atomic mass is 10.1. The summed E-state index contributed by atoms with van der Waals surface area (Å²) in [6.45, 7) is 0. The molecule has 0 aromatic heterocycles. The summed E-state index contributed by atoms with van der Waals surface area (Å²) in [6, 6.07) is 21.6. The van der Waals surface area contributed by atoms with Gasteiger partial charge in [-0.05, 0) is 73.0 Å². The summed E-state index contributed by atoms with van der Waals surface area (Å²) in [4.78, 5) is 0. The predicted octanol–water partition coefficient (Wildman–Crippen LogP) is 4.43. The Hall–Kier alpha value is -4.16. The van der Waals surface area contributed by atoms with Gasteiger partial charge >= 0.3 is 10.2 Å². The molecular weight excluding hydrogens is 442 g/mol. The fourth-order valence-electron chi connectivity index (χ4n) is 3.96. The number of rotatable bonds is 5. The molecule has 9 heteroatoms. The first kappa shape index (κ1) is 20.7. The maximum Gasteiger partial charge on any atom is 0.330 e. The number of fused-ring (bicyclic) bond motifs is 1. The van der Waals surface area contributed by atoms with Crippen LogP contribution in [0.3, 0.4) is 0 Å². The van der Waals surface area contributed by atoms with Gasteiger partial charge in [0.15, 0.2) is 0 Å². The van der Waals surface area contributed by atoms with E-state index in [1.807, 2.05) is 22.9 Å². The summed E-state index contributed by atoms with van der Waals surface area (Å²) in [7, 11) is -3.83. The van der Waals surface area contributed by atoms with E-state index in [-0.39, 0.29) is 6.10 Å². The SMILES string of the molecule is N#Cc1ccc(Oc2cccc3c2CC[C@H]3Oc2ccc(N3C=C(O)NS3(=O)=O)cc2)cc1. The first-order chi connectivity index (χ1) is 15.9. The molecule has 1 aliphatic carbocycles. The van der Waals surface area contributed by atoms with E-state index in [0.29, 0.717) is 22.7 Å². The van der Waals surface area contributed by atoms with Crippen LogP contribution < -0.4 is 18.5 Å². The van der Waals surface area contributed by atoms with E-state index in [4.69, 9.17) is 14.7 Å². The van der Waals surface area contributed by atoms with E-state index < -0.39 is 16.1 Å². The Morgan fingerprint density at radius 3 is 2.42 bits per heavy atom. The molecule has 0 amide bonds. The smallest absolute Gasteiger partial charge is 0.330 e. The molecule has 0 spiro atoms. The number of benzene rings is 3. The fourth-order valence-corrected chi connectivity index (χ4v) is 5.02. The molecule has 2 N–H and O–H groups in total. The fraction of sp³-hybridized carbons (Fsp3) is 0.125. The minimum Gasteiger partial charge on any atom is -0.493 e. The van der Waals surface area contributed by atoms with Crippen molar-refractivity contribution in [1.82, 2.24) is 4.72 Å². The first-order valence-corrected chi connectivity index (χ1v) is 11.7. The van der Waals surface area contributed by atoms with Crippen molar-refractivity contribution < 1.29 is 23.0 Å². The standard InChI is InChI=1S/C24H19N3O5S/c25-14-16-4-8-18(9-5-16)31-22-3-1-2-20-21(22)12-13-23(20)32-19-10-6-17(7-11-19)27-15-24(28)26-33(27,29)30/h1-11,15,23,26,28H,12-13H2/t23-/m1/s1. The zero-order valence-electron chi connectivity index (χ0n) is 17.3. The third-order valence-electron chi connectivity index (χ3n) is 5.49. The number of nitriles is 1. The molecule has 1 atom stereocenters. The van der Waals surface area contributed by atoms with Crippen LogP contribution >= 0.6 is 0 Å². The number of anilines is 1. The molecule has 166 valence electrons. The molecule has 2 aliphatic rings. The van der Waals surface area contributed by atoms with Gasteiger partial charge in [0, 0.05) is 5.56 Å². The maximum atomic E-state index is 12.0. The third-order valence-corrected chi connectivity index (χ3v) is 6.79. The summed E-state index contributed by atoms with van der Waals surface area (Å²) in [5.74, 6) is 1.59. The van der Waals surface area contributed by atoms with Crippen LogP contribution in [0.25, 0.3) is 0 Å². The molecule has 0 fully saturated rings. The van der Waals surface area contributed by atoms with Crippen molar-refractivity contribution in [2.45, 2.75) is 18.9 Å². The van der Waals surface area contributed by atoms with Crippen molar-refractivity contribution in [2.24, 2.45) is 0 Å². The Labute approximate surface area is 191 Å². The molecule has 3 aromatic carbocycles. The summed E-state index contributed by atoms with van der Waals surface area (Å²) >= 11 is 0. The number of ether oxygens (including phenoxy) is 2. The van der Waals surface area contributed by atoms with E-state index in [9.17, 15) is 13.5 Å². The van der Waals surface area contributed by atoms with Crippen molar-refractivity contribution in [3.8, 4) is 23.3 Å². The Balaban J connectivity index is 1.32. The molecule has 1 heterocycles. The van der Waals surface area contributed by atoms with E-state index in [2.05, 4.69) is 6.07 Å². The molecule has 3 aromatic rings. The molecule has 0 radical (unpaired) electrons. The zero-order chi connectivity index (χ0) is 23.0. The predicted molar refractivity (Wildman–Crippen MR) is 121 cm³/mol. The van der Waals surface area contributed by atoms with Gasteiger partial charge in [0.2, 0.25) is 5.88 Å². The first-order valence-electron chi connectivity index (χ1n) is 10.2. The topological polar surface area (TPSA) is 112 Å². The van der Waals surface area contributed by atoms with E-state index >= 15 is 0 Å². The number of aliphatic hydroxyl groups is 1. The average Bonchev–Trinajstić information content (AvgIpc) is 3.34. The summed E-state index contributed by atoms with van der Waals surface area (Å²) in [5.41, 5.74) is 3.08. The summed E-state index contributed by atoms with van der Waals surface area (Å²) < 4.78 is 39.3. The normalized spacial score (nSPS) is 18.1. The van der Waals surface area contributed by atoms with E-state index in [1.165, 1.54) is 0 Å². The highest BCUT2D eigenvalue weighted by molar-refractivity contribution is 7.91. The number of nitrogens with one attached hydrogen (secondary N) is 1. The van der Waals surface area contributed by atoms with Crippen LogP contribution in [0.4, 0.5) is 5.69 Å².